The number of aromatic nitrogens is 1. The van der Waals surface area contributed by atoms with Crippen LogP contribution in [-0.2, 0) is 0 Å². The summed E-state index contributed by atoms with van der Waals surface area (Å²) in [5, 5.41) is 0.794. The lowest BCUT2D eigenvalue weighted by atomic mass is 10.3. The van der Waals surface area contributed by atoms with E-state index in [1.165, 1.54) is 5.56 Å². The summed E-state index contributed by atoms with van der Waals surface area (Å²) in [6.45, 7) is 2.02. The van der Waals surface area contributed by atoms with Crippen LogP contribution in [0.2, 0.25) is 5.02 Å². The second-order valence-electron chi connectivity index (χ2n) is 2.83. The zero-order chi connectivity index (χ0) is 10.2. The van der Waals surface area contributed by atoms with Crippen molar-refractivity contribution in [2.24, 2.45) is 0 Å². The van der Waals surface area contributed by atoms with Crippen LogP contribution in [0, 0.1) is 6.92 Å². The van der Waals surface area contributed by atoms with Crippen LogP contribution in [-0.4, -0.2) is 4.98 Å². The zero-order valence-electron chi connectivity index (χ0n) is 8.02. The molecule has 0 aliphatic heterocycles. The van der Waals surface area contributed by atoms with Crippen LogP contribution in [0.5, 0.6) is 0 Å². The third-order valence-corrected chi connectivity index (χ3v) is 1.79. The molecule has 0 aliphatic rings. The SMILES string of the molecule is Cc1cccnc1.Clc1ccccc1. The molecular formula is C12H12ClN. The maximum absolute atomic E-state index is 5.54. The molecule has 0 aliphatic carbocycles. The molecule has 0 bridgehead atoms. The molecule has 0 spiro atoms. The van der Waals surface area contributed by atoms with Crippen molar-refractivity contribution in [2.45, 2.75) is 6.92 Å². The van der Waals surface area contributed by atoms with Crippen LogP contribution in [0.25, 0.3) is 0 Å². The number of rotatable bonds is 0. The Hall–Kier alpha value is -1.34. The molecule has 1 heterocycles. The van der Waals surface area contributed by atoms with Gasteiger partial charge in [-0.2, -0.15) is 0 Å². The molecule has 1 aromatic heterocycles. The number of hydrogen-bond acceptors (Lipinski definition) is 1. The lowest BCUT2D eigenvalue weighted by Crippen LogP contribution is -1.69. The van der Waals surface area contributed by atoms with E-state index in [-0.39, 0.29) is 0 Å². The minimum atomic E-state index is 0.794. The van der Waals surface area contributed by atoms with Crippen LogP contribution in [0.3, 0.4) is 0 Å². The van der Waals surface area contributed by atoms with Gasteiger partial charge >= 0.3 is 0 Å². The monoisotopic (exact) mass is 205 g/mol. The van der Waals surface area contributed by atoms with Gasteiger partial charge in [-0.15, -0.1) is 0 Å². The molecule has 72 valence electrons. The van der Waals surface area contributed by atoms with Gasteiger partial charge in [0, 0.05) is 17.4 Å². The van der Waals surface area contributed by atoms with Crippen LogP contribution >= 0.6 is 11.6 Å². The van der Waals surface area contributed by atoms with Crippen molar-refractivity contribution in [3.8, 4) is 0 Å². The van der Waals surface area contributed by atoms with Gasteiger partial charge in [0.15, 0.2) is 0 Å². The predicted molar refractivity (Wildman–Crippen MR) is 60.4 cm³/mol. The van der Waals surface area contributed by atoms with Gasteiger partial charge in [-0.3, -0.25) is 4.98 Å². The molecule has 0 saturated carbocycles. The van der Waals surface area contributed by atoms with E-state index in [9.17, 15) is 0 Å². The average Bonchev–Trinajstić information content (AvgIpc) is 2.21. The highest BCUT2D eigenvalue weighted by atomic mass is 35.5. The van der Waals surface area contributed by atoms with Crippen molar-refractivity contribution in [2.75, 3.05) is 0 Å². The van der Waals surface area contributed by atoms with Gasteiger partial charge < -0.3 is 0 Å². The Labute approximate surface area is 89.4 Å². The number of benzene rings is 1. The predicted octanol–water partition coefficient (Wildman–Crippen LogP) is 3.73. The molecule has 2 rings (SSSR count). The largest absolute Gasteiger partial charge is 0.264 e. The second kappa shape index (κ2) is 6.17. The lowest BCUT2D eigenvalue weighted by Gasteiger charge is -1.82. The smallest absolute Gasteiger partial charge is 0.0405 e. The molecule has 0 saturated heterocycles. The summed E-state index contributed by atoms with van der Waals surface area (Å²) in [6.07, 6.45) is 3.60. The Balaban J connectivity index is 0.000000140. The Kier molecular flexibility index (Phi) is 4.73. The summed E-state index contributed by atoms with van der Waals surface area (Å²) in [6, 6.07) is 13.4. The van der Waals surface area contributed by atoms with E-state index >= 15 is 0 Å². The number of nitrogens with zero attached hydrogens (tertiary/aromatic N) is 1. The Morgan fingerprint density at radius 1 is 1.00 bits per heavy atom. The van der Waals surface area contributed by atoms with Gasteiger partial charge in [0.1, 0.15) is 0 Å². The van der Waals surface area contributed by atoms with Gasteiger partial charge in [0.25, 0.3) is 0 Å². The van der Waals surface area contributed by atoms with Gasteiger partial charge in [-0.1, -0.05) is 35.9 Å². The standard InChI is InChI=1S/C6H5Cl.C6H7N/c7-6-4-2-1-3-5-6;1-6-3-2-4-7-5-6/h1-5H;2-5H,1H3. The van der Waals surface area contributed by atoms with E-state index in [4.69, 9.17) is 11.6 Å². The number of pyridine rings is 1. The first-order valence-corrected chi connectivity index (χ1v) is 4.74. The minimum absolute atomic E-state index is 0.794. The summed E-state index contributed by atoms with van der Waals surface area (Å²) in [5.74, 6) is 0. The van der Waals surface area contributed by atoms with E-state index in [2.05, 4.69) is 4.98 Å². The summed E-state index contributed by atoms with van der Waals surface area (Å²) >= 11 is 5.54. The first-order chi connectivity index (χ1) is 6.79. The molecule has 1 aromatic carbocycles. The normalized spacial score (nSPS) is 8.71. The van der Waals surface area contributed by atoms with Gasteiger partial charge in [-0.25, -0.2) is 0 Å². The van der Waals surface area contributed by atoms with E-state index in [0.29, 0.717) is 0 Å². The van der Waals surface area contributed by atoms with Crippen LogP contribution in [0.1, 0.15) is 5.56 Å². The van der Waals surface area contributed by atoms with E-state index in [1.807, 2.05) is 55.6 Å². The maximum Gasteiger partial charge on any atom is 0.0405 e. The first-order valence-electron chi connectivity index (χ1n) is 4.36. The van der Waals surface area contributed by atoms with Crippen molar-refractivity contribution in [1.29, 1.82) is 0 Å². The van der Waals surface area contributed by atoms with Gasteiger partial charge in [0.2, 0.25) is 0 Å². The molecule has 2 aromatic rings. The maximum atomic E-state index is 5.54. The van der Waals surface area contributed by atoms with Crippen molar-refractivity contribution in [3.05, 3.63) is 65.4 Å². The van der Waals surface area contributed by atoms with Crippen molar-refractivity contribution < 1.29 is 0 Å². The van der Waals surface area contributed by atoms with E-state index in [1.54, 1.807) is 6.20 Å². The topological polar surface area (TPSA) is 12.9 Å². The molecule has 0 atom stereocenters. The Bertz CT molecular complexity index is 308. The summed E-state index contributed by atoms with van der Waals surface area (Å²) < 4.78 is 0. The highest BCUT2D eigenvalue weighted by molar-refractivity contribution is 6.30. The number of hydrogen-bond donors (Lipinski definition) is 0. The fraction of sp³-hybridized carbons (Fsp3) is 0.0833. The average molecular weight is 206 g/mol. The molecule has 0 N–H and O–H groups in total. The highest BCUT2D eigenvalue weighted by Crippen LogP contribution is 2.03. The molecular weight excluding hydrogens is 194 g/mol. The van der Waals surface area contributed by atoms with Crippen LogP contribution in [0.4, 0.5) is 0 Å². The molecule has 1 nitrogen and oxygen atoms in total. The summed E-state index contributed by atoms with van der Waals surface area (Å²) in [5.41, 5.74) is 1.21. The van der Waals surface area contributed by atoms with Crippen LogP contribution < -0.4 is 0 Å². The fourth-order valence-corrected chi connectivity index (χ4v) is 1.01. The molecule has 2 heteroatoms. The van der Waals surface area contributed by atoms with Crippen LogP contribution in [0.15, 0.2) is 54.9 Å². The quantitative estimate of drug-likeness (QED) is 0.639. The summed E-state index contributed by atoms with van der Waals surface area (Å²) in [7, 11) is 0. The Morgan fingerprint density at radius 3 is 2.00 bits per heavy atom. The zero-order valence-corrected chi connectivity index (χ0v) is 8.78. The van der Waals surface area contributed by atoms with Gasteiger partial charge in [0.05, 0.1) is 0 Å². The number of halogens is 1. The molecule has 0 radical (unpaired) electrons. The van der Waals surface area contributed by atoms with Crippen molar-refractivity contribution in [1.82, 2.24) is 4.98 Å². The molecule has 0 unspecified atom stereocenters. The molecule has 14 heavy (non-hydrogen) atoms. The first kappa shape index (κ1) is 10.7. The lowest BCUT2D eigenvalue weighted by molar-refractivity contribution is 1.27. The highest BCUT2D eigenvalue weighted by Gasteiger charge is 1.75. The number of aryl methyl sites for hydroxylation is 1. The minimum Gasteiger partial charge on any atom is -0.264 e. The van der Waals surface area contributed by atoms with Crippen molar-refractivity contribution in [3.63, 3.8) is 0 Å². The van der Waals surface area contributed by atoms with Gasteiger partial charge in [-0.05, 0) is 30.7 Å². The van der Waals surface area contributed by atoms with E-state index < -0.39 is 0 Å². The molecule has 0 fully saturated rings. The molecule has 0 amide bonds. The second-order valence-corrected chi connectivity index (χ2v) is 3.26. The third kappa shape index (κ3) is 4.63. The van der Waals surface area contributed by atoms with E-state index in [0.717, 1.165) is 5.02 Å². The third-order valence-electron chi connectivity index (χ3n) is 1.54. The summed E-state index contributed by atoms with van der Waals surface area (Å²) in [4.78, 5) is 3.88. The Morgan fingerprint density at radius 2 is 1.71 bits per heavy atom. The fourth-order valence-electron chi connectivity index (χ4n) is 0.863. The van der Waals surface area contributed by atoms with Crippen molar-refractivity contribution >= 4 is 11.6 Å².